The van der Waals surface area contributed by atoms with E-state index in [0.29, 0.717) is 11.6 Å². The Kier molecular flexibility index (Phi) is 4.43. The maximum Gasteiger partial charge on any atom is 0.255 e. The summed E-state index contributed by atoms with van der Waals surface area (Å²) in [4.78, 5) is 12.1. The lowest BCUT2D eigenvalue weighted by molar-refractivity contribution is 0.102. The van der Waals surface area contributed by atoms with E-state index in [0.717, 1.165) is 17.3 Å². The fourth-order valence-electron chi connectivity index (χ4n) is 1.93. The predicted molar refractivity (Wildman–Crippen MR) is 80.0 cm³/mol. The van der Waals surface area contributed by atoms with Crippen LogP contribution in [0.3, 0.4) is 0 Å². The van der Waals surface area contributed by atoms with Crippen molar-refractivity contribution < 1.29 is 13.6 Å². The van der Waals surface area contributed by atoms with E-state index in [9.17, 15) is 13.6 Å². The molecule has 0 fully saturated rings. The second kappa shape index (κ2) is 6.10. The van der Waals surface area contributed by atoms with Crippen molar-refractivity contribution in [3.05, 3.63) is 58.1 Å². The average Bonchev–Trinajstić information content (AvgIpc) is 2.42. The third-order valence-corrected chi connectivity index (χ3v) is 3.30. The van der Waals surface area contributed by atoms with Crippen LogP contribution in [0.5, 0.6) is 0 Å². The summed E-state index contributed by atoms with van der Waals surface area (Å²) in [6, 6.07) is 6.61. The summed E-state index contributed by atoms with van der Waals surface area (Å²) in [7, 11) is 1.77. The van der Waals surface area contributed by atoms with E-state index in [1.807, 2.05) is 6.92 Å². The summed E-state index contributed by atoms with van der Waals surface area (Å²) in [6.45, 7) is 1.84. The number of carbonyl (C=O) groups excluding carboxylic acids is 1. The van der Waals surface area contributed by atoms with Crippen molar-refractivity contribution in [2.45, 2.75) is 6.92 Å². The van der Waals surface area contributed by atoms with Crippen LogP contribution in [-0.4, -0.2) is 13.0 Å². The molecule has 0 radical (unpaired) electrons. The topological polar surface area (TPSA) is 41.1 Å². The van der Waals surface area contributed by atoms with Gasteiger partial charge in [-0.25, -0.2) is 8.78 Å². The molecule has 0 atom stereocenters. The lowest BCUT2D eigenvalue weighted by Crippen LogP contribution is -2.14. The van der Waals surface area contributed by atoms with E-state index in [-0.39, 0.29) is 10.7 Å². The van der Waals surface area contributed by atoms with Crippen molar-refractivity contribution in [1.29, 1.82) is 0 Å². The van der Waals surface area contributed by atoms with Crippen molar-refractivity contribution in [1.82, 2.24) is 0 Å². The first kappa shape index (κ1) is 15.3. The van der Waals surface area contributed by atoms with Gasteiger partial charge in [-0.15, -0.1) is 0 Å². The lowest BCUT2D eigenvalue weighted by Gasteiger charge is -2.10. The normalized spacial score (nSPS) is 10.3. The fraction of sp³-hybridized carbons (Fsp3) is 0.133. The second-order valence-electron chi connectivity index (χ2n) is 4.48. The molecule has 6 heteroatoms. The van der Waals surface area contributed by atoms with Gasteiger partial charge in [0.15, 0.2) is 5.82 Å². The van der Waals surface area contributed by atoms with Gasteiger partial charge < -0.3 is 10.6 Å². The molecule has 2 rings (SSSR count). The first-order valence-electron chi connectivity index (χ1n) is 6.16. The van der Waals surface area contributed by atoms with Gasteiger partial charge in [-0.3, -0.25) is 4.79 Å². The van der Waals surface area contributed by atoms with E-state index in [4.69, 9.17) is 11.6 Å². The van der Waals surface area contributed by atoms with Crippen LogP contribution in [0.2, 0.25) is 5.02 Å². The number of aryl methyl sites for hydroxylation is 1. The SMILES string of the molecule is CNc1ccc(C(=O)Nc2c(F)cc(F)cc2Cl)cc1C. The average molecular weight is 311 g/mol. The summed E-state index contributed by atoms with van der Waals surface area (Å²) in [5.74, 6) is -2.24. The molecule has 0 saturated carbocycles. The first-order valence-corrected chi connectivity index (χ1v) is 6.54. The van der Waals surface area contributed by atoms with Gasteiger partial charge >= 0.3 is 0 Å². The van der Waals surface area contributed by atoms with Crippen LogP contribution in [0.4, 0.5) is 20.2 Å². The third-order valence-electron chi connectivity index (χ3n) is 3.00. The molecule has 0 aromatic heterocycles. The monoisotopic (exact) mass is 310 g/mol. The molecule has 1 amide bonds. The molecular formula is C15H13ClF2N2O. The highest BCUT2D eigenvalue weighted by molar-refractivity contribution is 6.34. The van der Waals surface area contributed by atoms with Crippen LogP contribution in [-0.2, 0) is 0 Å². The van der Waals surface area contributed by atoms with E-state index in [2.05, 4.69) is 10.6 Å². The van der Waals surface area contributed by atoms with E-state index in [1.54, 1.807) is 25.2 Å². The standard InChI is InChI=1S/C15H13ClF2N2O/c1-8-5-9(3-4-13(8)19-2)15(21)20-14-11(16)6-10(17)7-12(14)18/h3-7,19H,1-2H3,(H,20,21). The second-order valence-corrected chi connectivity index (χ2v) is 4.89. The molecule has 0 aliphatic heterocycles. The molecular weight excluding hydrogens is 298 g/mol. The maximum absolute atomic E-state index is 13.6. The summed E-state index contributed by atoms with van der Waals surface area (Å²) >= 11 is 5.74. The Hall–Kier alpha value is -2.14. The minimum Gasteiger partial charge on any atom is -0.388 e. The highest BCUT2D eigenvalue weighted by Gasteiger charge is 2.14. The fourth-order valence-corrected chi connectivity index (χ4v) is 2.17. The zero-order valence-corrected chi connectivity index (χ0v) is 12.2. The molecule has 0 aliphatic rings. The number of anilines is 2. The molecule has 21 heavy (non-hydrogen) atoms. The molecule has 2 N–H and O–H groups in total. The van der Waals surface area contributed by atoms with Gasteiger partial charge in [0.25, 0.3) is 5.91 Å². The molecule has 110 valence electrons. The van der Waals surface area contributed by atoms with E-state index < -0.39 is 17.5 Å². The van der Waals surface area contributed by atoms with Gasteiger partial charge in [-0.2, -0.15) is 0 Å². The molecule has 0 spiro atoms. The molecule has 2 aromatic rings. The van der Waals surface area contributed by atoms with Gasteiger partial charge in [0.05, 0.1) is 10.7 Å². The molecule has 0 unspecified atom stereocenters. The van der Waals surface area contributed by atoms with Crippen molar-refractivity contribution >= 4 is 28.9 Å². The summed E-state index contributed by atoms with van der Waals surface area (Å²) in [5, 5.41) is 5.14. The number of carbonyl (C=O) groups is 1. The van der Waals surface area contributed by atoms with E-state index >= 15 is 0 Å². The Morgan fingerprint density at radius 2 is 1.90 bits per heavy atom. The third kappa shape index (κ3) is 3.31. The Bertz CT molecular complexity index is 681. The van der Waals surface area contributed by atoms with E-state index in [1.165, 1.54) is 0 Å². The quantitative estimate of drug-likeness (QED) is 0.891. The van der Waals surface area contributed by atoms with Crippen molar-refractivity contribution in [2.75, 3.05) is 17.7 Å². The summed E-state index contributed by atoms with van der Waals surface area (Å²) < 4.78 is 26.6. The van der Waals surface area contributed by atoms with Gasteiger partial charge in [0.2, 0.25) is 0 Å². The number of benzene rings is 2. The summed E-state index contributed by atoms with van der Waals surface area (Å²) in [6.07, 6.45) is 0. The molecule has 0 heterocycles. The first-order chi connectivity index (χ1) is 9.92. The highest BCUT2D eigenvalue weighted by atomic mass is 35.5. The van der Waals surface area contributed by atoms with Crippen LogP contribution < -0.4 is 10.6 Å². The molecule has 3 nitrogen and oxygen atoms in total. The number of hydrogen-bond acceptors (Lipinski definition) is 2. The predicted octanol–water partition coefficient (Wildman–Crippen LogP) is 4.22. The lowest BCUT2D eigenvalue weighted by atomic mass is 10.1. The summed E-state index contributed by atoms with van der Waals surface area (Å²) in [5.41, 5.74) is 1.87. The number of rotatable bonds is 3. The van der Waals surface area contributed by atoms with Crippen molar-refractivity contribution in [3.63, 3.8) is 0 Å². The number of halogens is 3. The number of hydrogen-bond donors (Lipinski definition) is 2. The van der Waals surface area contributed by atoms with Crippen LogP contribution in [0.25, 0.3) is 0 Å². The molecule has 0 bridgehead atoms. The Balaban J connectivity index is 2.28. The Morgan fingerprint density at radius 1 is 1.19 bits per heavy atom. The molecule has 0 aliphatic carbocycles. The van der Waals surface area contributed by atoms with Crippen LogP contribution >= 0.6 is 11.6 Å². The molecule has 2 aromatic carbocycles. The van der Waals surface area contributed by atoms with Gasteiger partial charge in [0, 0.05) is 24.4 Å². The largest absolute Gasteiger partial charge is 0.388 e. The van der Waals surface area contributed by atoms with Gasteiger partial charge in [0.1, 0.15) is 5.82 Å². The zero-order chi connectivity index (χ0) is 15.6. The minimum atomic E-state index is -0.920. The highest BCUT2D eigenvalue weighted by Crippen LogP contribution is 2.27. The zero-order valence-electron chi connectivity index (χ0n) is 11.4. The smallest absolute Gasteiger partial charge is 0.255 e. The number of nitrogens with one attached hydrogen (secondary N) is 2. The van der Waals surface area contributed by atoms with Crippen molar-refractivity contribution in [2.24, 2.45) is 0 Å². The molecule has 0 saturated heterocycles. The van der Waals surface area contributed by atoms with Crippen LogP contribution in [0.15, 0.2) is 30.3 Å². The Morgan fingerprint density at radius 3 is 2.48 bits per heavy atom. The Labute approximate surface area is 125 Å². The van der Waals surface area contributed by atoms with Crippen molar-refractivity contribution in [3.8, 4) is 0 Å². The van der Waals surface area contributed by atoms with Gasteiger partial charge in [-0.05, 0) is 36.8 Å². The van der Waals surface area contributed by atoms with Crippen LogP contribution in [0, 0.1) is 18.6 Å². The van der Waals surface area contributed by atoms with Gasteiger partial charge in [-0.1, -0.05) is 11.6 Å². The van der Waals surface area contributed by atoms with Crippen LogP contribution in [0.1, 0.15) is 15.9 Å². The maximum atomic E-state index is 13.6. The minimum absolute atomic E-state index is 0.190. The number of amides is 1.